The van der Waals surface area contributed by atoms with Gasteiger partial charge in [0.05, 0.1) is 18.4 Å². The zero-order valence-corrected chi connectivity index (χ0v) is 33.4. The number of hydrogen-bond donors (Lipinski definition) is 3. The van der Waals surface area contributed by atoms with E-state index in [9.17, 15) is 37.2 Å². The number of alkyl carbamates (subject to hydrolysis) is 1. The predicted molar refractivity (Wildman–Crippen MR) is 204 cm³/mol. The van der Waals surface area contributed by atoms with Crippen molar-refractivity contribution >= 4 is 45.7 Å². The van der Waals surface area contributed by atoms with Crippen LogP contribution in [0.1, 0.15) is 95.8 Å². The molecule has 15 nitrogen and oxygen atoms in total. The summed E-state index contributed by atoms with van der Waals surface area (Å²) in [6, 6.07) is 3.23. The molecule has 5 amide bonds. The Bertz CT molecular complexity index is 1940. The summed E-state index contributed by atoms with van der Waals surface area (Å²) >= 11 is 0. The number of cyclic esters (lactones) is 1. The Kier molecular flexibility index (Phi) is 11.7. The Morgan fingerprint density at radius 1 is 1.07 bits per heavy atom. The van der Waals surface area contributed by atoms with Crippen molar-refractivity contribution in [3.8, 4) is 0 Å². The lowest BCUT2D eigenvalue weighted by Gasteiger charge is -2.30. The van der Waals surface area contributed by atoms with E-state index < -0.39 is 92.4 Å². The molecule has 56 heavy (non-hydrogen) atoms. The topological polar surface area (TPSA) is 198 Å². The summed E-state index contributed by atoms with van der Waals surface area (Å²) in [5.41, 5.74) is 1.86. The maximum Gasteiger partial charge on any atom is 0.410 e. The van der Waals surface area contributed by atoms with Crippen LogP contribution in [0.3, 0.4) is 0 Å². The Hall–Kier alpha value is -4.73. The molecule has 0 spiro atoms. The van der Waals surface area contributed by atoms with Gasteiger partial charge in [-0.05, 0) is 80.6 Å². The van der Waals surface area contributed by atoms with Gasteiger partial charge in [0, 0.05) is 31.8 Å². The normalized spacial score (nSPS) is 27.9. The number of rotatable bonds is 9. The fourth-order valence-corrected chi connectivity index (χ4v) is 9.25. The van der Waals surface area contributed by atoms with Gasteiger partial charge in [0.15, 0.2) is 5.78 Å². The monoisotopic (exact) mass is 795 g/mol. The van der Waals surface area contributed by atoms with E-state index in [0.717, 1.165) is 47.3 Å². The molecular formula is C40H53N5O10S. The number of nitrogens with one attached hydrogen (secondary N) is 3. The molecule has 3 heterocycles. The highest BCUT2D eigenvalue weighted by atomic mass is 32.2. The molecule has 0 unspecified atom stereocenters. The van der Waals surface area contributed by atoms with Crippen LogP contribution < -0.4 is 15.4 Å². The molecular weight excluding hydrogens is 743 g/mol. The van der Waals surface area contributed by atoms with Crippen molar-refractivity contribution in [1.82, 2.24) is 25.2 Å². The summed E-state index contributed by atoms with van der Waals surface area (Å²) in [6.45, 7) is 11.6. The lowest BCUT2D eigenvalue weighted by atomic mass is 9.87. The van der Waals surface area contributed by atoms with Crippen molar-refractivity contribution in [2.24, 2.45) is 11.3 Å². The number of carbonyl (C=O) groups excluding carboxylic acids is 6. The molecule has 304 valence electrons. The van der Waals surface area contributed by atoms with Crippen LogP contribution in [0, 0.1) is 11.3 Å². The average molecular weight is 796 g/mol. The van der Waals surface area contributed by atoms with E-state index >= 15 is 0 Å². The van der Waals surface area contributed by atoms with E-state index in [0.29, 0.717) is 31.5 Å². The maximum absolute atomic E-state index is 14.5. The van der Waals surface area contributed by atoms with Gasteiger partial charge < -0.3 is 25.0 Å². The Labute approximate surface area is 328 Å². The molecule has 2 aliphatic carbocycles. The second-order valence-electron chi connectivity index (χ2n) is 16.9. The van der Waals surface area contributed by atoms with Crippen molar-refractivity contribution in [3.05, 3.63) is 59.2 Å². The third-order valence-electron chi connectivity index (χ3n) is 11.3. The molecule has 1 aromatic rings. The zero-order valence-electron chi connectivity index (χ0n) is 32.6. The minimum absolute atomic E-state index is 0.0508. The quantitative estimate of drug-likeness (QED) is 0.246. The van der Waals surface area contributed by atoms with Crippen LogP contribution in [0.25, 0.3) is 0 Å². The number of ether oxygens (including phenoxy) is 2. The highest BCUT2D eigenvalue weighted by Crippen LogP contribution is 2.45. The van der Waals surface area contributed by atoms with Gasteiger partial charge in [-0.1, -0.05) is 50.1 Å². The van der Waals surface area contributed by atoms with Crippen molar-refractivity contribution < 1.29 is 46.7 Å². The molecule has 1 aromatic carbocycles. The molecule has 16 heteroatoms. The summed E-state index contributed by atoms with van der Waals surface area (Å²) < 4.78 is 39.1. The summed E-state index contributed by atoms with van der Waals surface area (Å²) in [6.07, 6.45) is 3.88. The number of amides is 5. The average Bonchev–Trinajstić information content (AvgIpc) is 4.02. The number of nitrogens with zero attached hydrogens (tertiary/aromatic N) is 2. The van der Waals surface area contributed by atoms with E-state index in [1.54, 1.807) is 18.7 Å². The molecule has 3 N–H and O–H groups in total. The summed E-state index contributed by atoms with van der Waals surface area (Å²) in [4.78, 5) is 85.0. The SMILES string of the molecule is C=C[C@@H]1C[C@]1(NC(=O)[C@@H]1C[C@@H]2CN1C(=O)[C@H](CC(=O)C=C(C)C)NC(=O)OCC(C)(C)CCCCc1cccc3c1CN(C3)C(=O)O2)C(=O)NS(=O)(=O)C1CC1. The first-order chi connectivity index (χ1) is 26.4. The number of benzene rings is 1. The Morgan fingerprint density at radius 2 is 1.80 bits per heavy atom. The van der Waals surface area contributed by atoms with Gasteiger partial charge in [0.25, 0.3) is 5.91 Å². The van der Waals surface area contributed by atoms with Gasteiger partial charge in [-0.2, -0.15) is 0 Å². The maximum atomic E-state index is 14.5. The van der Waals surface area contributed by atoms with Crippen molar-refractivity contribution in [2.75, 3.05) is 13.2 Å². The van der Waals surface area contributed by atoms with Crippen LogP contribution in [-0.4, -0.2) is 96.0 Å². The van der Waals surface area contributed by atoms with Crippen LogP contribution >= 0.6 is 0 Å². The standard InChI is InChI=1S/C40H53N5O10S/c1-6-27-19-40(27,36(49)43-56(52,53)30-13-14-30)42-34(47)33-18-29-21-45(33)35(48)32(17-28(46)16-24(2)3)41-37(50)54-23-39(4,5)15-8-7-10-25-11-9-12-26-20-44(22-31(25)26)38(51)55-29/h6,9,11-12,16,27,29-30,32-33H,1,7-8,10,13-15,17-23H2,2-5H3,(H,41,50)(H,42,47)(H,43,49)/t27-,29-,32+,33+,40-/m1/s1. The van der Waals surface area contributed by atoms with Gasteiger partial charge in [-0.3, -0.25) is 28.8 Å². The van der Waals surface area contributed by atoms with E-state index in [2.05, 4.69) is 28.0 Å². The summed E-state index contributed by atoms with van der Waals surface area (Å²) in [5.74, 6) is -3.54. The second kappa shape index (κ2) is 16.0. The van der Waals surface area contributed by atoms with Gasteiger partial charge in [-0.15, -0.1) is 6.58 Å². The van der Waals surface area contributed by atoms with Crippen molar-refractivity contribution in [1.29, 1.82) is 0 Å². The number of sulfonamides is 1. The van der Waals surface area contributed by atoms with Crippen molar-refractivity contribution in [3.63, 3.8) is 0 Å². The summed E-state index contributed by atoms with van der Waals surface area (Å²) in [7, 11) is -3.95. The third kappa shape index (κ3) is 9.27. The van der Waals surface area contributed by atoms with Crippen LogP contribution in [0.15, 0.2) is 42.5 Å². The number of allylic oxidation sites excluding steroid dienone is 2. The molecule has 6 rings (SSSR count). The van der Waals surface area contributed by atoms with Crippen LogP contribution in [-0.2, 0) is 58.2 Å². The molecule has 3 aliphatic heterocycles. The minimum Gasteiger partial charge on any atom is -0.449 e. The lowest BCUT2D eigenvalue weighted by molar-refractivity contribution is -0.141. The number of hydrogen-bond acceptors (Lipinski definition) is 10. The molecule has 3 fully saturated rings. The van der Waals surface area contributed by atoms with Crippen LogP contribution in [0.2, 0.25) is 0 Å². The van der Waals surface area contributed by atoms with Crippen molar-refractivity contribution in [2.45, 2.75) is 128 Å². The second-order valence-corrected chi connectivity index (χ2v) is 18.8. The predicted octanol–water partition coefficient (Wildman–Crippen LogP) is 3.55. The number of ketones is 1. The number of carbonyl (C=O) groups is 6. The first-order valence-corrected chi connectivity index (χ1v) is 20.9. The highest BCUT2D eigenvalue weighted by Gasteiger charge is 2.62. The van der Waals surface area contributed by atoms with E-state index in [1.165, 1.54) is 12.2 Å². The number of fused-ring (bicyclic) bond motifs is 3. The Morgan fingerprint density at radius 3 is 2.48 bits per heavy atom. The van der Waals surface area contributed by atoms with Gasteiger partial charge in [0.2, 0.25) is 21.8 Å². The fourth-order valence-electron chi connectivity index (χ4n) is 7.88. The molecule has 0 aromatic heterocycles. The molecule has 5 atom stereocenters. The fraction of sp³-hybridized carbons (Fsp3) is 0.600. The van der Waals surface area contributed by atoms with Gasteiger partial charge in [-0.25, -0.2) is 18.0 Å². The molecule has 1 saturated heterocycles. The summed E-state index contributed by atoms with van der Waals surface area (Å²) in [5, 5.41) is 4.58. The van der Waals surface area contributed by atoms with Crippen LogP contribution in [0.4, 0.5) is 9.59 Å². The first kappa shape index (κ1) is 40.9. The van der Waals surface area contributed by atoms with Crippen LogP contribution in [0.5, 0.6) is 0 Å². The van der Waals surface area contributed by atoms with E-state index in [4.69, 9.17) is 9.47 Å². The highest BCUT2D eigenvalue weighted by molar-refractivity contribution is 7.91. The molecule has 0 radical (unpaired) electrons. The van der Waals surface area contributed by atoms with Gasteiger partial charge in [0.1, 0.15) is 23.7 Å². The smallest absolute Gasteiger partial charge is 0.410 e. The minimum atomic E-state index is -3.95. The van der Waals surface area contributed by atoms with Gasteiger partial charge >= 0.3 is 12.2 Å². The Balaban J connectivity index is 1.30. The number of aryl methyl sites for hydroxylation is 1. The lowest BCUT2D eigenvalue weighted by Crippen LogP contribution is -2.58. The van der Waals surface area contributed by atoms with E-state index in [-0.39, 0.29) is 26.0 Å². The van der Waals surface area contributed by atoms with E-state index in [1.807, 2.05) is 26.0 Å². The third-order valence-corrected chi connectivity index (χ3v) is 13.1. The first-order valence-electron chi connectivity index (χ1n) is 19.4. The molecule has 2 saturated carbocycles. The molecule has 4 bridgehead atoms. The molecule has 5 aliphatic rings. The zero-order chi connectivity index (χ0) is 40.6. The largest absolute Gasteiger partial charge is 0.449 e.